The highest BCUT2D eigenvalue weighted by molar-refractivity contribution is 8.00. The predicted octanol–water partition coefficient (Wildman–Crippen LogP) is 4.03. The van der Waals surface area contributed by atoms with Crippen molar-refractivity contribution in [3.63, 3.8) is 0 Å². The van der Waals surface area contributed by atoms with E-state index in [9.17, 15) is 4.79 Å². The van der Waals surface area contributed by atoms with E-state index in [4.69, 9.17) is 23.2 Å². The summed E-state index contributed by atoms with van der Waals surface area (Å²) in [4.78, 5) is 21.1. The number of nitrogens with one attached hydrogen (secondary N) is 1. The van der Waals surface area contributed by atoms with Gasteiger partial charge in [-0.25, -0.2) is 9.97 Å². The van der Waals surface area contributed by atoms with Crippen LogP contribution in [0.5, 0.6) is 0 Å². The third-order valence-corrected chi connectivity index (χ3v) is 5.62. The molecule has 136 valence electrons. The molecule has 2 atom stereocenters. The van der Waals surface area contributed by atoms with Crippen LogP contribution in [0.3, 0.4) is 0 Å². The molecule has 2 heterocycles. The number of carbonyl (C=O) groups is 1. The molecule has 9 heteroatoms. The number of hydrogen-bond acceptors (Lipinski definition) is 5. The fourth-order valence-electron chi connectivity index (χ4n) is 2.52. The van der Waals surface area contributed by atoms with E-state index < -0.39 is 0 Å². The number of thioether (sulfide) groups is 1. The molecule has 1 amide bonds. The lowest BCUT2D eigenvalue weighted by molar-refractivity contribution is -0.120. The zero-order valence-electron chi connectivity index (χ0n) is 14.4. The topological polar surface area (TPSA) is 72.7 Å². The smallest absolute Gasteiger partial charge is 0.233 e. The van der Waals surface area contributed by atoms with Crippen molar-refractivity contribution in [1.82, 2.24) is 25.1 Å². The molecule has 2 unspecified atom stereocenters. The van der Waals surface area contributed by atoms with Gasteiger partial charge in [0.1, 0.15) is 11.4 Å². The highest BCUT2D eigenvalue weighted by atomic mass is 35.5. The summed E-state index contributed by atoms with van der Waals surface area (Å²) in [5, 5.41) is 9.46. The van der Waals surface area contributed by atoms with Gasteiger partial charge in [0, 0.05) is 17.1 Å². The summed E-state index contributed by atoms with van der Waals surface area (Å²) < 4.78 is 1.68. The molecular weight excluding hydrogens is 393 g/mol. The van der Waals surface area contributed by atoms with E-state index in [0.29, 0.717) is 10.0 Å². The first-order valence-corrected chi connectivity index (χ1v) is 9.55. The molecule has 0 fully saturated rings. The molecule has 0 spiro atoms. The van der Waals surface area contributed by atoms with E-state index in [0.717, 1.165) is 21.6 Å². The average molecular weight is 410 g/mol. The number of rotatable bonds is 5. The number of carbonyl (C=O) groups excluding carboxylic acids is 1. The Morgan fingerprint density at radius 3 is 2.77 bits per heavy atom. The van der Waals surface area contributed by atoms with Crippen molar-refractivity contribution in [1.29, 1.82) is 0 Å². The van der Waals surface area contributed by atoms with Crippen LogP contribution in [0.1, 0.15) is 25.5 Å². The zero-order chi connectivity index (χ0) is 18.8. The molecule has 6 nitrogen and oxygen atoms in total. The molecule has 0 aliphatic carbocycles. The minimum atomic E-state index is -0.346. The molecule has 0 saturated carbocycles. The number of aryl methyl sites for hydroxylation is 1. The molecule has 0 saturated heterocycles. The summed E-state index contributed by atoms with van der Waals surface area (Å²) in [5.41, 5.74) is 1.55. The Bertz CT molecular complexity index is 961. The summed E-state index contributed by atoms with van der Waals surface area (Å²) in [6.45, 7) is 3.72. The average Bonchev–Trinajstić information content (AvgIpc) is 2.97. The Hall–Kier alpha value is -1.83. The van der Waals surface area contributed by atoms with Crippen LogP contribution in [0.4, 0.5) is 0 Å². The monoisotopic (exact) mass is 409 g/mol. The number of hydrogen-bond donors (Lipinski definition) is 1. The van der Waals surface area contributed by atoms with Crippen molar-refractivity contribution in [2.45, 2.75) is 30.2 Å². The van der Waals surface area contributed by atoms with Gasteiger partial charge in [-0.3, -0.25) is 9.48 Å². The molecular formula is C17H17Cl2N5OS. The summed E-state index contributed by atoms with van der Waals surface area (Å²) >= 11 is 13.5. The van der Waals surface area contributed by atoms with Gasteiger partial charge in [-0.1, -0.05) is 41.0 Å². The van der Waals surface area contributed by atoms with Crippen LogP contribution in [0.15, 0.2) is 35.7 Å². The Labute approximate surface area is 165 Å². The van der Waals surface area contributed by atoms with Gasteiger partial charge in [-0.15, -0.1) is 0 Å². The maximum absolute atomic E-state index is 12.6. The fourth-order valence-corrected chi connectivity index (χ4v) is 3.98. The normalized spacial score (nSPS) is 13.6. The van der Waals surface area contributed by atoms with Crippen molar-refractivity contribution in [2.24, 2.45) is 7.05 Å². The molecule has 1 N–H and O–H groups in total. The van der Waals surface area contributed by atoms with E-state index in [2.05, 4.69) is 20.4 Å². The first-order chi connectivity index (χ1) is 12.4. The number of fused-ring (bicyclic) bond motifs is 1. The fraction of sp³-hybridized carbons (Fsp3) is 0.294. The summed E-state index contributed by atoms with van der Waals surface area (Å²) in [6.07, 6.45) is 3.19. The van der Waals surface area contributed by atoms with Gasteiger partial charge < -0.3 is 5.32 Å². The van der Waals surface area contributed by atoms with Crippen LogP contribution >= 0.6 is 35.0 Å². The van der Waals surface area contributed by atoms with Crippen molar-refractivity contribution < 1.29 is 4.79 Å². The second-order valence-electron chi connectivity index (χ2n) is 5.84. The van der Waals surface area contributed by atoms with Crippen LogP contribution < -0.4 is 5.32 Å². The highest BCUT2D eigenvalue weighted by Gasteiger charge is 2.21. The molecule has 1 aromatic carbocycles. The molecule has 3 rings (SSSR count). The Morgan fingerprint density at radius 1 is 1.27 bits per heavy atom. The lowest BCUT2D eigenvalue weighted by Gasteiger charge is -2.18. The van der Waals surface area contributed by atoms with Gasteiger partial charge in [0.25, 0.3) is 0 Å². The van der Waals surface area contributed by atoms with E-state index in [1.807, 2.05) is 27.0 Å². The molecule has 2 aromatic heterocycles. The van der Waals surface area contributed by atoms with Gasteiger partial charge in [0.2, 0.25) is 5.91 Å². The SMILES string of the molecule is CC(Sc1ncnc2c1cnn2C)C(=O)NC(C)c1ccc(Cl)cc1Cl. The van der Waals surface area contributed by atoms with Crippen molar-refractivity contribution in [3.05, 3.63) is 46.3 Å². The Kier molecular flexibility index (Phi) is 5.70. The lowest BCUT2D eigenvalue weighted by Crippen LogP contribution is -2.33. The standard InChI is InChI=1S/C17H17Cl2N5OS/c1-9(12-5-4-11(18)6-14(12)19)23-16(25)10(2)26-17-13-7-22-24(3)15(13)20-8-21-17/h4-10H,1-3H3,(H,23,25). The van der Waals surface area contributed by atoms with E-state index in [1.165, 1.54) is 18.1 Å². The number of nitrogens with zero attached hydrogens (tertiary/aromatic N) is 4. The predicted molar refractivity (Wildman–Crippen MR) is 105 cm³/mol. The zero-order valence-corrected chi connectivity index (χ0v) is 16.7. The lowest BCUT2D eigenvalue weighted by atomic mass is 10.1. The third kappa shape index (κ3) is 3.95. The van der Waals surface area contributed by atoms with Gasteiger partial charge >= 0.3 is 0 Å². The van der Waals surface area contributed by atoms with Crippen LogP contribution in [0.25, 0.3) is 11.0 Å². The first kappa shape index (κ1) is 18.9. The van der Waals surface area contributed by atoms with E-state index >= 15 is 0 Å². The second-order valence-corrected chi connectivity index (χ2v) is 8.01. The molecule has 0 radical (unpaired) electrons. The van der Waals surface area contributed by atoms with Crippen molar-refractivity contribution in [2.75, 3.05) is 0 Å². The Balaban J connectivity index is 1.71. The minimum absolute atomic E-state index is 0.107. The van der Waals surface area contributed by atoms with Crippen LogP contribution in [0.2, 0.25) is 10.0 Å². The minimum Gasteiger partial charge on any atom is -0.349 e. The van der Waals surface area contributed by atoms with E-state index in [1.54, 1.807) is 23.0 Å². The third-order valence-electron chi connectivity index (χ3n) is 3.94. The van der Waals surface area contributed by atoms with Crippen LogP contribution in [-0.2, 0) is 11.8 Å². The summed E-state index contributed by atoms with van der Waals surface area (Å²) in [5.74, 6) is -0.107. The number of halogens is 2. The Morgan fingerprint density at radius 2 is 2.04 bits per heavy atom. The molecule has 3 aromatic rings. The van der Waals surface area contributed by atoms with Crippen LogP contribution in [-0.4, -0.2) is 30.9 Å². The molecule has 0 bridgehead atoms. The van der Waals surface area contributed by atoms with Gasteiger partial charge in [-0.05, 0) is 31.5 Å². The summed E-state index contributed by atoms with van der Waals surface area (Å²) in [6, 6.07) is 5.00. The highest BCUT2D eigenvalue weighted by Crippen LogP contribution is 2.29. The maximum Gasteiger partial charge on any atom is 0.233 e. The second kappa shape index (κ2) is 7.82. The van der Waals surface area contributed by atoms with Gasteiger partial charge in [0.15, 0.2) is 5.65 Å². The molecule has 26 heavy (non-hydrogen) atoms. The van der Waals surface area contributed by atoms with E-state index in [-0.39, 0.29) is 17.2 Å². The van der Waals surface area contributed by atoms with Crippen LogP contribution in [0, 0.1) is 0 Å². The van der Waals surface area contributed by atoms with Crippen molar-refractivity contribution >= 4 is 51.9 Å². The van der Waals surface area contributed by atoms with Crippen molar-refractivity contribution in [3.8, 4) is 0 Å². The maximum atomic E-state index is 12.6. The number of benzene rings is 1. The number of aromatic nitrogens is 4. The molecule has 0 aliphatic rings. The summed E-state index contributed by atoms with van der Waals surface area (Å²) in [7, 11) is 1.82. The van der Waals surface area contributed by atoms with Gasteiger partial charge in [-0.2, -0.15) is 5.10 Å². The first-order valence-electron chi connectivity index (χ1n) is 7.91. The van der Waals surface area contributed by atoms with Gasteiger partial charge in [0.05, 0.1) is 22.9 Å². The molecule has 0 aliphatic heterocycles. The number of amides is 1. The quantitative estimate of drug-likeness (QED) is 0.508. The largest absolute Gasteiger partial charge is 0.349 e.